The Bertz CT molecular complexity index is 1090. The number of fused-ring (bicyclic) bond motifs is 1. The summed E-state index contributed by atoms with van der Waals surface area (Å²) in [5, 5.41) is 16.2. The number of benzene rings is 3. The minimum atomic E-state index is -0.471. The summed E-state index contributed by atoms with van der Waals surface area (Å²) >= 11 is 3.34. The van der Waals surface area contributed by atoms with Crippen LogP contribution in [0.5, 0.6) is 0 Å². The van der Waals surface area contributed by atoms with E-state index in [-0.39, 0.29) is 11.6 Å². The van der Waals surface area contributed by atoms with Gasteiger partial charge in [-0.15, -0.1) is 0 Å². The van der Waals surface area contributed by atoms with E-state index in [9.17, 15) is 14.9 Å². The van der Waals surface area contributed by atoms with Crippen LogP contribution in [0, 0.1) is 10.1 Å². The van der Waals surface area contributed by atoms with Crippen LogP contribution in [0.4, 0.5) is 11.4 Å². The van der Waals surface area contributed by atoms with E-state index in [4.69, 9.17) is 0 Å². The third-order valence-electron chi connectivity index (χ3n) is 5.38. The highest BCUT2D eigenvalue weighted by Crippen LogP contribution is 2.31. The van der Waals surface area contributed by atoms with Crippen LogP contribution in [0.1, 0.15) is 24.8 Å². The molecule has 0 heterocycles. The largest absolute Gasteiger partial charge is 0.325 e. The van der Waals surface area contributed by atoms with E-state index in [1.54, 1.807) is 6.07 Å². The molecule has 1 aliphatic carbocycles. The molecule has 3 aromatic carbocycles. The van der Waals surface area contributed by atoms with Crippen molar-refractivity contribution in [3.8, 4) is 0 Å². The van der Waals surface area contributed by atoms with E-state index in [0.29, 0.717) is 29.2 Å². The minimum absolute atomic E-state index is 0.0518. The lowest BCUT2D eigenvalue weighted by atomic mass is 10.0. The predicted octanol–water partition coefficient (Wildman–Crippen LogP) is 5.50. The quantitative estimate of drug-likeness (QED) is 0.350. The third kappa shape index (κ3) is 4.86. The van der Waals surface area contributed by atoms with Crippen LogP contribution < -0.4 is 5.32 Å². The molecule has 0 saturated heterocycles. The molecule has 1 saturated carbocycles. The molecule has 0 spiro atoms. The third-order valence-corrected chi connectivity index (χ3v) is 6.07. The highest BCUT2D eigenvalue weighted by Gasteiger charge is 2.29. The number of nitrogens with one attached hydrogen (secondary N) is 1. The van der Waals surface area contributed by atoms with Crippen molar-refractivity contribution >= 4 is 44.0 Å². The zero-order chi connectivity index (χ0) is 21.1. The van der Waals surface area contributed by atoms with Crippen molar-refractivity contribution in [2.24, 2.45) is 0 Å². The van der Waals surface area contributed by atoms with E-state index in [0.717, 1.165) is 19.4 Å². The van der Waals surface area contributed by atoms with Crippen LogP contribution >= 0.6 is 15.9 Å². The number of anilines is 1. The first-order chi connectivity index (χ1) is 14.5. The molecule has 30 heavy (non-hydrogen) atoms. The van der Waals surface area contributed by atoms with Crippen LogP contribution in [0.3, 0.4) is 0 Å². The zero-order valence-electron chi connectivity index (χ0n) is 16.4. The summed E-state index contributed by atoms with van der Waals surface area (Å²) in [4.78, 5) is 25.4. The van der Waals surface area contributed by atoms with Gasteiger partial charge in [0.15, 0.2) is 0 Å². The maximum Gasteiger partial charge on any atom is 0.271 e. The van der Waals surface area contributed by atoms with E-state index in [1.807, 2.05) is 6.07 Å². The van der Waals surface area contributed by atoms with Crippen molar-refractivity contribution in [3.05, 3.63) is 80.8 Å². The van der Waals surface area contributed by atoms with E-state index in [2.05, 4.69) is 62.5 Å². The maximum absolute atomic E-state index is 12.5. The standard InChI is InChI=1S/C23H22BrN3O3/c24-21-11-10-19(27(29)30)14-22(21)25-23(28)12-13-26(18-8-9-18)15-17-6-3-5-16-4-1-2-7-20(16)17/h1-7,10-11,14,18H,8-9,12-13,15H2,(H,25,28). The molecule has 1 N–H and O–H groups in total. The van der Waals surface area contributed by atoms with Crippen LogP contribution in [-0.2, 0) is 11.3 Å². The maximum atomic E-state index is 12.5. The van der Waals surface area contributed by atoms with Gasteiger partial charge in [0.2, 0.25) is 5.91 Å². The molecule has 0 unspecified atom stereocenters. The van der Waals surface area contributed by atoms with Crippen molar-refractivity contribution in [1.82, 2.24) is 4.90 Å². The summed E-state index contributed by atoms with van der Waals surface area (Å²) in [5.41, 5.74) is 1.63. The molecular weight excluding hydrogens is 446 g/mol. The fourth-order valence-corrected chi connectivity index (χ4v) is 4.01. The van der Waals surface area contributed by atoms with Gasteiger partial charge in [-0.2, -0.15) is 0 Å². The first-order valence-electron chi connectivity index (χ1n) is 9.96. The zero-order valence-corrected chi connectivity index (χ0v) is 18.0. The Morgan fingerprint density at radius 1 is 1.13 bits per heavy atom. The predicted molar refractivity (Wildman–Crippen MR) is 121 cm³/mol. The van der Waals surface area contributed by atoms with Gasteiger partial charge in [-0.05, 0) is 51.2 Å². The van der Waals surface area contributed by atoms with Gasteiger partial charge < -0.3 is 5.32 Å². The molecular formula is C23H22BrN3O3. The summed E-state index contributed by atoms with van der Waals surface area (Å²) in [6, 6.07) is 19.6. The van der Waals surface area contributed by atoms with Gasteiger partial charge >= 0.3 is 0 Å². The van der Waals surface area contributed by atoms with Crippen LogP contribution in [0.25, 0.3) is 10.8 Å². The van der Waals surface area contributed by atoms with Gasteiger partial charge in [-0.25, -0.2) is 0 Å². The Balaban J connectivity index is 1.42. The lowest BCUT2D eigenvalue weighted by Crippen LogP contribution is -2.29. The normalized spacial score (nSPS) is 13.5. The monoisotopic (exact) mass is 467 g/mol. The SMILES string of the molecule is O=C(CCN(Cc1cccc2ccccc12)C1CC1)Nc1cc([N+](=O)[O-])ccc1Br. The summed E-state index contributed by atoms with van der Waals surface area (Å²) in [6.45, 7) is 1.45. The number of rotatable bonds is 8. The van der Waals surface area contributed by atoms with Crippen LogP contribution in [0.2, 0.25) is 0 Å². The topological polar surface area (TPSA) is 75.5 Å². The van der Waals surface area contributed by atoms with Gasteiger partial charge in [0, 0.05) is 42.2 Å². The molecule has 0 aliphatic heterocycles. The Labute approximate surface area is 183 Å². The Morgan fingerprint density at radius 3 is 2.67 bits per heavy atom. The molecule has 6 nitrogen and oxygen atoms in total. The molecule has 0 bridgehead atoms. The second kappa shape index (κ2) is 8.93. The van der Waals surface area contributed by atoms with Crippen molar-refractivity contribution in [2.75, 3.05) is 11.9 Å². The number of carbonyl (C=O) groups excluding carboxylic acids is 1. The smallest absolute Gasteiger partial charge is 0.271 e. The molecule has 1 amide bonds. The molecule has 4 rings (SSSR count). The van der Waals surface area contributed by atoms with Crippen molar-refractivity contribution in [1.29, 1.82) is 0 Å². The summed E-state index contributed by atoms with van der Waals surface area (Å²) in [5.74, 6) is -0.153. The number of halogens is 1. The molecule has 0 aromatic heterocycles. The summed E-state index contributed by atoms with van der Waals surface area (Å²) in [7, 11) is 0. The number of hydrogen-bond acceptors (Lipinski definition) is 4. The minimum Gasteiger partial charge on any atom is -0.325 e. The summed E-state index contributed by atoms with van der Waals surface area (Å²) < 4.78 is 0.622. The highest BCUT2D eigenvalue weighted by atomic mass is 79.9. The van der Waals surface area contributed by atoms with Crippen molar-refractivity contribution < 1.29 is 9.72 Å². The van der Waals surface area contributed by atoms with E-state index < -0.39 is 4.92 Å². The van der Waals surface area contributed by atoms with Crippen molar-refractivity contribution in [2.45, 2.75) is 31.8 Å². The number of amides is 1. The van der Waals surface area contributed by atoms with Crippen LogP contribution in [-0.4, -0.2) is 28.3 Å². The number of nitrogens with zero attached hydrogens (tertiary/aromatic N) is 2. The van der Waals surface area contributed by atoms with Crippen LogP contribution in [0.15, 0.2) is 65.1 Å². The van der Waals surface area contributed by atoms with E-state index >= 15 is 0 Å². The van der Waals surface area contributed by atoms with Gasteiger partial charge in [-0.3, -0.25) is 19.8 Å². The Hall–Kier alpha value is -2.77. The average molecular weight is 468 g/mol. The number of hydrogen-bond donors (Lipinski definition) is 1. The molecule has 0 radical (unpaired) electrons. The number of nitro groups is 1. The number of carbonyl (C=O) groups is 1. The fraction of sp³-hybridized carbons (Fsp3) is 0.261. The highest BCUT2D eigenvalue weighted by molar-refractivity contribution is 9.10. The average Bonchev–Trinajstić information content (AvgIpc) is 3.58. The molecule has 1 fully saturated rings. The first-order valence-corrected chi connectivity index (χ1v) is 10.7. The molecule has 7 heteroatoms. The van der Waals surface area contributed by atoms with E-state index in [1.165, 1.54) is 28.5 Å². The number of nitro benzene ring substituents is 1. The molecule has 0 atom stereocenters. The lowest BCUT2D eigenvalue weighted by molar-refractivity contribution is -0.384. The van der Waals surface area contributed by atoms with Crippen molar-refractivity contribution in [3.63, 3.8) is 0 Å². The molecule has 1 aliphatic rings. The number of non-ortho nitro benzene ring substituents is 1. The Kier molecular flexibility index (Phi) is 6.11. The second-order valence-corrected chi connectivity index (χ2v) is 8.41. The van der Waals surface area contributed by atoms with Gasteiger partial charge in [0.1, 0.15) is 0 Å². The fourth-order valence-electron chi connectivity index (χ4n) is 3.66. The van der Waals surface area contributed by atoms with Gasteiger partial charge in [-0.1, -0.05) is 42.5 Å². The lowest BCUT2D eigenvalue weighted by Gasteiger charge is -2.22. The first kappa shape index (κ1) is 20.5. The molecule has 3 aromatic rings. The second-order valence-electron chi connectivity index (χ2n) is 7.56. The summed E-state index contributed by atoms with van der Waals surface area (Å²) in [6.07, 6.45) is 2.64. The Morgan fingerprint density at radius 2 is 1.90 bits per heavy atom. The van der Waals surface area contributed by atoms with Gasteiger partial charge in [0.05, 0.1) is 10.6 Å². The molecule has 154 valence electrons. The van der Waals surface area contributed by atoms with Gasteiger partial charge in [0.25, 0.3) is 5.69 Å².